The van der Waals surface area contributed by atoms with Crippen LogP contribution in [0.15, 0.2) is 30.8 Å². The average Bonchev–Trinajstić information content (AvgIpc) is 2.68. The fourth-order valence-corrected chi connectivity index (χ4v) is 5.36. The van der Waals surface area contributed by atoms with Crippen molar-refractivity contribution in [2.75, 3.05) is 0 Å². The fraction of sp³-hybridized carbons (Fsp3) is 0.625. The van der Waals surface area contributed by atoms with Gasteiger partial charge in [-0.25, -0.2) is 4.79 Å². The van der Waals surface area contributed by atoms with E-state index in [4.69, 9.17) is 5.11 Å². The van der Waals surface area contributed by atoms with Gasteiger partial charge in [-0.1, -0.05) is 63.5 Å². The number of benzene rings is 1. The molecule has 3 rings (SSSR count). The van der Waals surface area contributed by atoms with Crippen molar-refractivity contribution >= 4 is 11.5 Å². The lowest BCUT2D eigenvalue weighted by Gasteiger charge is -2.38. The van der Waals surface area contributed by atoms with Gasteiger partial charge in [-0.05, 0) is 73.3 Å². The lowest BCUT2D eigenvalue weighted by Crippen LogP contribution is -2.25. The van der Waals surface area contributed by atoms with Crippen LogP contribution in [0.3, 0.4) is 0 Å². The average molecular weight is 355 g/mol. The minimum Gasteiger partial charge on any atom is -0.478 e. The second-order valence-electron chi connectivity index (χ2n) is 8.59. The van der Waals surface area contributed by atoms with Crippen LogP contribution in [0.1, 0.15) is 88.2 Å². The Morgan fingerprint density at radius 3 is 2.00 bits per heavy atom. The predicted octanol–water partition coefficient (Wildman–Crippen LogP) is 6.66. The van der Waals surface area contributed by atoms with Gasteiger partial charge in [0, 0.05) is 0 Å². The van der Waals surface area contributed by atoms with Crippen molar-refractivity contribution in [2.45, 2.75) is 77.0 Å². The first-order valence-electron chi connectivity index (χ1n) is 10.6. The molecule has 0 amide bonds. The van der Waals surface area contributed by atoms with Crippen LogP contribution in [0.2, 0.25) is 0 Å². The van der Waals surface area contributed by atoms with Crippen molar-refractivity contribution in [1.82, 2.24) is 0 Å². The first kappa shape index (κ1) is 19.2. The molecule has 1 aromatic carbocycles. The standard InChI is InChI=1S/C24H34O2/c1-3-4-18-5-7-20(8-6-18)22-13-15-23(16-14-22)21-11-9-19(10-12-21)17(2)24(25)26/h9-12,18,20,22-23H,2-8,13-16H2,1H3,(H,25,26). The maximum absolute atomic E-state index is 11.0. The Hall–Kier alpha value is -1.57. The van der Waals surface area contributed by atoms with E-state index in [1.54, 1.807) is 0 Å². The highest BCUT2D eigenvalue weighted by atomic mass is 16.4. The summed E-state index contributed by atoms with van der Waals surface area (Å²) in [5.41, 5.74) is 2.27. The van der Waals surface area contributed by atoms with E-state index in [0.717, 1.165) is 23.3 Å². The summed E-state index contributed by atoms with van der Waals surface area (Å²) in [5, 5.41) is 9.05. The number of hydrogen-bond acceptors (Lipinski definition) is 1. The number of hydrogen-bond donors (Lipinski definition) is 1. The molecule has 1 aromatic rings. The second kappa shape index (κ2) is 8.88. The summed E-state index contributed by atoms with van der Waals surface area (Å²) in [6.45, 7) is 5.96. The molecule has 1 N–H and O–H groups in total. The van der Waals surface area contributed by atoms with Gasteiger partial charge in [0.05, 0.1) is 5.57 Å². The quantitative estimate of drug-likeness (QED) is 0.580. The summed E-state index contributed by atoms with van der Waals surface area (Å²) in [6.07, 6.45) is 14.0. The van der Waals surface area contributed by atoms with E-state index in [1.165, 1.54) is 69.8 Å². The Morgan fingerprint density at radius 1 is 0.962 bits per heavy atom. The molecule has 2 heteroatoms. The molecule has 0 heterocycles. The Balaban J connectivity index is 1.49. The summed E-state index contributed by atoms with van der Waals surface area (Å²) in [5.74, 6) is 2.64. The molecule has 26 heavy (non-hydrogen) atoms. The number of carbonyl (C=O) groups is 1. The van der Waals surface area contributed by atoms with Crippen LogP contribution in [-0.4, -0.2) is 11.1 Å². The van der Waals surface area contributed by atoms with Gasteiger partial charge in [0.2, 0.25) is 0 Å². The van der Waals surface area contributed by atoms with E-state index >= 15 is 0 Å². The Bertz CT molecular complexity index is 600. The van der Waals surface area contributed by atoms with Crippen molar-refractivity contribution in [3.8, 4) is 0 Å². The van der Waals surface area contributed by atoms with E-state index in [2.05, 4.69) is 25.6 Å². The number of carboxylic acids is 1. The summed E-state index contributed by atoms with van der Waals surface area (Å²) >= 11 is 0. The largest absolute Gasteiger partial charge is 0.478 e. The molecule has 0 aromatic heterocycles. The zero-order valence-corrected chi connectivity index (χ0v) is 16.3. The lowest BCUT2D eigenvalue weighted by molar-refractivity contribution is -0.130. The van der Waals surface area contributed by atoms with Gasteiger partial charge in [0.1, 0.15) is 0 Å². The highest BCUT2D eigenvalue weighted by molar-refractivity contribution is 6.14. The van der Waals surface area contributed by atoms with Crippen molar-refractivity contribution in [3.63, 3.8) is 0 Å². The molecular formula is C24H34O2. The molecule has 2 aliphatic carbocycles. The minimum atomic E-state index is -0.938. The second-order valence-corrected chi connectivity index (χ2v) is 8.59. The minimum absolute atomic E-state index is 0.180. The van der Waals surface area contributed by atoms with Gasteiger partial charge >= 0.3 is 5.97 Å². The molecule has 2 aliphatic rings. The van der Waals surface area contributed by atoms with Crippen LogP contribution in [-0.2, 0) is 4.79 Å². The van der Waals surface area contributed by atoms with E-state index in [1.807, 2.05) is 12.1 Å². The lowest BCUT2D eigenvalue weighted by atomic mass is 9.68. The SMILES string of the molecule is C=C(C(=O)O)c1ccc(C2CCC(C3CCC(CCC)CC3)CC2)cc1. The van der Waals surface area contributed by atoms with Crippen LogP contribution >= 0.6 is 0 Å². The Kier molecular flexibility index (Phi) is 6.56. The van der Waals surface area contributed by atoms with Gasteiger partial charge in [-0.2, -0.15) is 0 Å². The van der Waals surface area contributed by atoms with Gasteiger partial charge in [-0.15, -0.1) is 0 Å². The third-order valence-electron chi connectivity index (χ3n) is 7.02. The van der Waals surface area contributed by atoms with Gasteiger partial charge in [-0.3, -0.25) is 0 Å². The molecule has 0 aliphatic heterocycles. The van der Waals surface area contributed by atoms with Gasteiger partial charge in [0.15, 0.2) is 0 Å². The first-order valence-corrected chi connectivity index (χ1v) is 10.6. The molecule has 0 saturated heterocycles. The van der Waals surface area contributed by atoms with Crippen molar-refractivity contribution < 1.29 is 9.90 Å². The smallest absolute Gasteiger partial charge is 0.335 e. The third kappa shape index (κ3) is 4.58. The van der Waals surface area contributed by atoms with Crippen LogP contribution < -0.4 is 0 Å². The van der Waals surface area contributed by atoms with E-state index in [-0.39, 0.29) is 5.57 Å². The molecule has 0 unspecified atom stereocenters. The molecule has 2 saturated carbocycles. The summed E-state index contributed by atoms with van der Waals surface area (Å²) in [7, 11) is 0. The van der Waals surface area contributed by atoms with Crippen LogP contribution in [0, 0.1) is 17.8 Å². The highest BCUT2D eigenvalue weighted by Crippen LogP contribution is 2.44. The fourth-order valence-electron chi connectivity index (χ4n) is 5.36. The van der Waals surface area contributed by atoms with Gasteiger partial charge in [0.25, 0.3) is 0 Å². The van der Waals surface area contributed by atoms with Crippen molar-refractivity contribution in [3.05, 3.63) is 42.0 Å². The molecule has 0 spiro atoms. The Morgan fingerprint density at radius 2 is 1.50 bits per heavy atom. The van der Waals surface area contributed by atoms with E-state index < -0.39 is 5.97 Å². The van der Waals surface area contributed by atoms with Crippen LogP contribution in [0.4, 0.5) is 0 Å². The number of aliphatic carboxylic acids is 1. The van der Waals surface area contributed by atoms with Crippen LogP contribution in [0.5, 0.6) is 0 Å². The predicted molar refractivity (Wildman–Crippen MR) is 108 cm³/mol. The third-order valence-corrected chi connectivity index (χ3v) is 7.02. The molecule has 0 bridgehead atoms. The maximum atomic E-state index is 11.0. The first-order chi connectivity index (χ1) is 12.6. The molecule has 0 radical (unpaired) electrons. The van der Waals surface area contributed by atoms with Gasteiger partial charge < -0.3 is 5.11 Å². The molecular weight excluding hydrogens is 320 g/mol. The number of rotatable bonds is 6. The molecule has 2 nitrogen and oxygen atoms in total. The summed E-state index contributed by atoms with van der Waals surface area (Å²) in [4.78, 5) is 11.0. The normalized spacial score (nSPS) is 29.3. The van der Waals surface area contributed by atoms with E-state index in [9.17, 15) is 4.79 Å². The summed E-state index contributed by atoms with van der Waals surface area (Å²) in [6, 6.07) is 8.08. The Labute approximate surface area is 158 Å². The maximum Gasteiger partial charge on any atom is 0.335 e. The highest BCUT2D eigenvalue weighted by Gasteiger charge is 2.31. The van der Waals surface area contributed by atoms with Crippen molar-refractivity contribution in [2.24, 2.45) is 17.8 Å². The summed E-state index contributed by atoms with van der Waals surface area (Å²) < 4.78 is 0. The zero-order valence-electron chi connectivity index (χ0n) is 16.3. The van der Waals surface area contributed by atoms with Crippen LogP contribution in [0.25, 0.3) is 5.57 Å². The van der Waals surface area contributed by atoms with E-state index in [0.29, 0.717) is 5.92 Å². The number of carboxylic acid groups (broad SMARTS) is 1. The zero-order chi connectivity index (χ0) is 18.5. The molecule has 2 fully saturated rings. The monoisotopic (exact) mass is 354 g/mol. The molecule has 142 valence electrons. The molecule has 0 atom stereocenters. The topological polar surface area (TPSA) is 37.3 Å². The van der Waals surface area contributed by atoms with Crippen molar-refractivity contribution in [1.29, 1.82) is 0 Å².